The van der Waals surface area contributed by atoms with Crippen LogP contribution in [-0.2, 0) is 11.2 Å². The molecule has 0 aliphatic heterocycles. The van der Waals surface area contributed by atoms with Crippen molar-refractivity contribution in [1.29, 1.82) is 0 Å². The maximum absolute atomic E-state index is 10.3. The largest absolute Gasteiger partial charge is 0.497 e. The number of hydrogen-bond donors (Lipinski definition) is 0. The van der Waals surface area contributed by atoms with E-state index in [4.69, 9.17) is 9.47 Å². The Hall–Kier alpha value is -1.77. The first-order valence-corrected chi connectivity index (χ1v) is 7.00. The smallest absolute Gasteiger partial charge is 0.122 e. The molecule has 0 radical (unpaired) electrons. The van der Waals surface area contributed by atoms with Gasteiger partial charge in [0.15, 0.2) is 0 Å². The number of unbranched alkanes of at least 4 members (excludes halogenated alkanes) is 1. The molecule has 0 saturated heterocycles. The number of carbonyl (C=O) groups is 1. The summed E-state index contributed by atoms with van der Waals surface area (Å²) in [6.07, 6.45) is 7.77. The number of benzene rings is 1. The number of allylic oxidation sites excluding steroid dienone is 2. The number of carbonyl (C=O) groups excluding carboxylic acids is 1. The summed E-state index contributed by atoms with van der Waals surface area (Å²) in [6.45, 7) is 2.12. The molecule has 0 saturated carbocycles. The Morgan fingerprint density at radius 1 is 1.10 bits per heavy atom. The Morgan fingerprint density at radius 3 is 2.30 bits per heavy atom. The first-order chi connectivity index (χ1) is 9.69. The number of aldehydes is 1. The summed E-state index contributed by atoms with van der Waals surface area (Å²) in [6, 6.07) is 5.96. The van der Waals surface area contributed by atoms with Crippen molar-refractivity contribution in [3.8, 4) is 11.5 Å². The maximum Gasteiger partial charge on any atom is 0.122 e. The zero-order valence-corrected chi connectivity index (χ0v) is 12.6. The average Bonchev–Trinajstić information content (AvgIpc) is 2.47. The molecule has 1 aromatic carbocycles. The Morgan fingerprint density at radius 2 is 1.75 bits per heavy atom. The molecule has 0 aliphatic rings. The zero-order valence-electron chi connectivity index (χ0n) is 12.6. The fourth-order valence-corrected chi connectivity index (χ4v) is 2.06. The van der Waals surface area contributed by atoms with Crippen molar-refractivity contribution in [2.24, 2.45) is 0 Å². The number of aryl methyl sites for hydroxylation is 1. The van der Waals surface area contributed by atoms with E-state index in [9.17, 15) is 4.79 Å². The van der Waals surface area contributed by atoms with Crippen molar-refractivity contribution < 1.29 is 14.3 Å². The molecule has 0 aliphatic carbocycles. The lowest BCUT2D eigenvalue weighted by atomic mass is 10.1. The van der Waals surface area contributed by atoms with Gasteiger partial charge >= 0.3 is 0 Å². The summed E-state index contributed by atoms with van der Waals surface area (Å²) in [5.41, 5.74) is 2.56. The molecule has 0 heterocycles. The second-order valence-electron chi connectivity index (χ2n) is 4.87. The van der Waals surface area contributed by atoms with Crippen molar-refractivity contribution in [1.82, 2.24) is 0 Å². The van der Waals surface area contributed by atoms with Crippen LogP contribution in [0.3, 0.4) is 0 Å². The first kappa shape index (κ1) is 16.3. The van der Waals surface area contributed by atoms with Gasteiger partial charge in [-0.2, -0.15) is 0 Å². The van der Waals surface area contributed by atoms with Crippen LogP contribution in [0.1, 0.15) is 38.2 Å². The molecule has 1 rings (SSSR count). The van der Waals surface area contributed by atoms with E-state index >= 15 is 0 Å². The molecule has 0 atom stereocenters. The van der Waals surface area contributed by atoms with E-state index in [2.05, 4.69) is 13.0 Å². The van der Waals surface area contributed by atoms with E-state index in [1.165, 1.54) is 11.1 Å². The highest BCUT2D eigenvalue weighted by Gasteiger charge is 2.01. The van der Waals surface area contributed by atoms with E-state index < -0.39 is 0 Å². The quantitative estimate of drug-likeness (QED) is 0.389. The molecule has 0 N–H and O–H groups in total. The van der Waals surface area contributed by atoms with Crippen molar-refractivity contribution in [3.63, 3.8) is 0 Å². The van der Waals surface area contributed by atoms with Crippen LogP contribution < -0.4 is 9.47 Å². The predicted octanol–water partition coefficient (Wildman–Crippen LogP) is 3.95. The maximum atomic E-state index is 10.3. The van der Waals surface area contributed by atoms with E-state index in [-0.39, 0.29) is 0 Å². The third-order valence-electron chi connectivity index (χ3n) is 3.23. The Bertz CT molecular complexity index is 427. The SMILES string of the molecule is COc1cc(CC/C=C(\C)CCCC=O)cc(OC)c1. The predicted molar refractivity (Wildman–Crippen MR) is 81.5 cm³/mol. The third kappa shape index (κ3) is 5.91. The first-order valence-electron chi connectivity index (χ1n) is 7.00. The summed E-state index contributed by atoms with van der Waals surface area (Å²) >= 11 is 0. The van der Waals surface area contributed by atoms with Crippen LogP contribution in [0.15, 0.2) is 29.8 Å². The lowest BCUT2D eigenvalue weighted by Crippen LogP contribution is -1.91. The highest BCUT2D eigenvalue weighted by Crippen LogP contribution is 2.23. The monoisotopic (exact) mass is 276 g/mol. The van der Waals surface area contributed by atoms with Gasteiger partial charge in [0.05, 0.1) is 14.2 Å². The number of ether oxygens (including phenoxy) is 2. The van der Waals surface area contributed by atoms with E-state index in [0.717, 1.165) is 43.5 Å². The van der Waals surface area contributed by atoms with Crippen LogP contribution >= 0.6 is 0 Å². The summed E-state index contributed by atoms with van der Waals surface area (Å²) in [5, 5.41) is 0. The molecule has 1 aromatic rings. The average molecular weight is 276 g/mol. The molecule has 0 spiro atoms. The van der Waals surface area contributed by atoms with Crippen LogP contribution in [-0.4, -0.2) is 20.5 Å². The highest BCUT2D eigenvalue weighted by atomic mass is 16.5. The fourth-order valence-electron chi connectivity index (χ4n) is 2.06. The minimum absolute atomic E-state index is 0.651. The molecule has 20 heavy (non-hydrogen) atoms. The zero-order chi connectivity index (χ0) is 14.8. The van der Waals surface area contributed by atoms with Crippen LogP contribution in [0.4, 0.5) is 0 Å². The van der Waals surface area contributed by atoms with Gasteiger partial charge < -0.3 is 14.3 Å². The topological polar surface area (TPSA) is 35.5 Å². The number of rotatable bonds is 9. The molecule has 0 unspecified atom stereocenters. The molecular formula is C17H24O3. The summed E-state index contributed by atoms with van der Waals surface area (Å²) < 4.78 is 10.5. The Balaban J connectivity index is 2.52. The van der Waals surface area contributed by atoms with Gasteiger partial charge in [-0.15, -0.1) is 0 Å². The summed E-state index contributed by atoms with van der Waals surface area (Å²) in [7, 11) is 3.32. The molecule has 3 heteroatoms. The highest BCUT2D eigenvalue weighted by molar-refractivity contribution is 5.49. The van der Waals surface area contributed by atoms with Gasteiger partial charge in [0.25, 0.3) is 0 Å². The van der Waals surface area contributed by atoms with Gasteiger partial charge in [0.1, 0.15) is 17.8 Å². The standard InChI is InChI=1S/C17H24O3/c1-14(7-4-5-10-18)8-6-9-15-11-16(19-2)13-17(12-15)20-3/h8,10-13H,4-7,9H2,1-3H3/b14-8+. The van der Waals surface area contributed by atoms with E-state index in [1.54, 1.807) is 14.2 Å². The minimum Gasteiger partial charge on any atom is -0.497 e. The van der Waals surface area contributed by atoms with Crippen LogP contribution in [0.2, 0.25) is 0 Å². The molecule has 110 valence electrons. The second kappa shape index (κ2) is 9.18. The minimum atomic E-state index is 0.651. The van der Waals surface area contributed by atoms with Gasteiger partial charge in [0, 0.05) is 12.5 Å². The number of hydrogen-bond acceptors (Lipinski definition) is 3. The van der Waals surface area contributed by atoms with Gasteiger partial charge in [-0.1, -0.05) is 11.6 Å². The van der Waals surface area contributed by atoms with Crippen molar-refractivity contribution in [3.05, 3.63) is 35.4 Å². The van der Waals surface area contributed by atoms with Gasteiger partial charge in [-0.05, 0) is 50.3 Å². The van der Waals surface area contributed by atoms with E-state index in [1.807, 2.05) is 18.2 Å². The summed E-state index contributed by atoms with van der Waals surface area (Å²) in [4.78, 5) is 10.3. The van der Waals surface area contributed by atoms with Crippen molar-refractivity contribution in [2.75, 3.05) is 14.2 Å². The van der Waals surface area contributed by atoms with E-state index in [0.29, 0.717) is 6.42 Å². The molecule has 0 bridgehead atoms. The fraction of sp³-hybridized carbons (Fsp3) is 0.471. The third-order valence-corrected chi connectivity index (χ3v) is 3.23. The van der Waals surface area contributed by atoms with Crippen molar-refractivity contribution in [2.45, 2.75) is 39.0 Å². The Labute approximate surface area is 121 Å². The lowest BCUT2D eigenvalue weighted by molar-refractivity contribution is -0.107. The van der Waals surface area contributed by atoms with Crippen LogP contribution in [0.5, 0.6) is 11.5 Å². The Kier molecular flexibility index (Phi) is 7.48. The van der Waals surface area contributed by atoms with Gasteiger partial charge in [-0.3, -0.25) is 0 Å². The van der Waals surface area contributed by atoms with Gasteiger partial charge in [-0.25, -0.2) is 0 Å². The molecule has 0 aromatic heterocycles. The van der Waals surface area contributed by atoms with Crippen LogP contribution in [0, 0.1) is 0 Å². The summed E-state index contributed by atoms with van der Waals surface area (Å²) in [5.74, 6) is 1.65. The molecule has 0 amide bonds. The normalized spacial score (nSPS) is 11.2. The second-order valence-corrected chi connectivity index (χ2v) is 4.87. The number of methoxy groups -OCH3 is 2. The molecule has 3 nitrogen and oxygen atoms in total. The van der Waals surface area contributed by atoms with Crippen LogP contribution in [0.25, 0.3) is 0 Å². The molecule has 0 fully saturated rings. The van der Waals surface area contributed by atoms with Crippen molar-refractivity contribution >= 4 is 6.29 Å². The lowest BCUT2D eigenvalue weighted by Gasteiger charge is -2.08. The molecular weight excluding hydrogens is 252 g/mol. The van der Waals surface area contributed by atoms with Gasteiger partial charge in [0.2, 0.25) is 0 Å².